The highest BCUT2D eigenvalue weighted by Crippen LogP contribution is 2.24. The summed E-state index contributed by atoms with van der Waals surface area (Å²) in [6.45, 7) is 5.78. The van der Waals surface area contributed by atoms with E-state index in [0.29, 0.717) is 23.4 Å². The second kappa shape index (κ2) is 11.2. The summed E-state index contributed by atoms with van der Waals surface area (Å²) in [6, 6.07) is 17.8. The second-order valence-electron chi connectivity index (χ2n) is 8.25. The van der Waals surface area contributed by atoms with Crippen LogP contribution in [0.25, 0.3) is 11.1 Å². The number of anilines is 1. The highest BCUT2D eigenvalue weighted by Gasteiger charge is 2.27. The van der Waals surface area contributed by atoms with Crippen molar-refractivity contribution >= 4 is 27.7 Å². The van der Waals surface area contributed by atoms with Gasteiger partial charge in [0.2, 0.25) is 10.0 Å². The van der Waals surface area contributed by atoms with Crippen molar-refractivity contribution in [1.82, 2.24) is 10.0 Å². The van der Waals surface area contributed by atoms with Crippen LogP contribution in [-0.2, 0) is 21.2 Å². The van der Waals surface area contributed by atoms with Crippen LogP contribution in [0.15, 0.2) is 71.6 Å². The van der Waals surface area contributed by atoms with Gasteiger partial charge in [-0.2, -0.15) is 4.72 Å². The van der Waals surface area contributed by atoms with Gasteiger partial charge in [0, 0.05) is 12.2 Å². The van der Waals surface area contributed by atoms with Gasteiger partial charge < -0.3 is 15.7 Å². The lowest BCUT2D eigenvalue weighted by Gasteiger charge is -2.17. The van der Waals surface area contributed by atoms with E-state index >= 15 is 0 Å². The van der Waals surface area contributed by atoms with Gasteiger partial charge >= 0.3 is 12.0 Å². The van der Waals surface area contributed by atoms with Gasteiger partial charge in [0.25, 0.3) is 0 Å². The number of hydrogen-bond donors (Lipinski definition) is 4. The van der Waals surface area contributed by atoms with Crippen molar-refractivity contribution in [1.29, 1.82) is 0 Å². The Hall–Kier alpha value is -3.69. The number of amides is 2. The molecule has 0 aliphatic carbocycles. The molecular formula is C26H29N3O5S. The molecule has 3 aromatic carbocycles. The number of urea groups is 1. The number of carbonyl (C=O) groups excluding carboxylic acids is 1. The summed E-state index contributed by atoms with van der Waals surface area (Å²) in [5.41, 5.74) is 4.20. The fraction of sp³-hybridized carbons (Fsp3) is 0.231. The van der Waals surface area contributed by atoms with Crippen molar-refractivity contribution < 1.29 is 23.1 Å². The molecule has 4 N–H and O–H groups in total. The Labute approximate surface area is 205 Å². The molecular weight excluding hydrogens is 466 g/mol. The van der Waals surface area contributed by atoms with Gasteiger partial charge in [0.15, 0.2) is 0 Å². The van der Waals surface area contributed by atoms with Crippen LogP contribution >= 0.6 is 0 Å². The lowest BCUT2D eigenvalue weighted by molar-refractivity contribution is -0.138. The van der Waals surface area contributed by atoms with Crippen molar-refractivity contribution in [3.05, 3.63) is 83.4 Å². The number of aryl methyl sites for hydroxylation is 2. The molecule has 9 heteroatoms. The first-order valence-corrected chi connectivity index (χ1v) is 12.6. The molecule has 0 radical (unpaired) electrons. The zero-order valence-corrected chi connectivity index (χ0v) is 20.6. The van der Waals surface area contributed by atoms with E-state index in [1.165, 1.54) is 6.07 Å². The van der Waals surface area contributed by atoms with Crippen molar-refractivity contribution in [2.75, 3.05) is 11.9 Å². The van der Waals surface area contributed by atoms with Crippen LogP contribution in [0.5, 0.6) is 0 Å². The molecule has 0 fully saturated rings. The molecule has 0 saturated carbocycles. The summed E-state index contributed by atoms with van der Waals surface area (Å²) < 4.78 is 28.3. The molecule has 35 heavy (non-hydrogen) atoms. The third kappa shape index (κ3) is 6.91. The zero-order chi connectivity index (χ0) is 25.6. The Kier molecular flexibility index (Phi) is 8.26. The summed E-state index contributed by atoms with van der Waals surface area (Å²) in [7, 11) is -4.04. The standard InChI is InChI=1S/C26H29N3O5S/c1-4-27-26(32)28-22-10-6-9-21(16-22)20-8-5-7-19(14-20)15-23(25(30)31)29-35(33,34)24-13-17(2)11-12-18(24)3/h5-14,16,23,29H,4,15H2,1-3H3,(H,30,31)(H2,27,28,32)/t23-/m1/s1. The minimum absolute atomic E-state index is 0.0376. The molecule has 3 aromatic rings. The summed E-state index contributed by atoms with van der Waals surface area (Å²) >= 11 is 0. The Morgan fingerprint density at radius 3 is 2.31 bits per heavy atom. The molecule has 0 bridgehead atoms. The highest BCUT2D eigenvalue weighted by molar-refractivity contribution is 7.89. The number of hydrogen-bond acceptors (Lipinski definition) is 4. The van der Waals surface area contributed by atoms with E-state index in [1.54, 1.807) is 44.2 Å². The Morgan fingerprint density at radius 1 is 0.943 bits per heavy atom. The van der Waals surface area contributed by atoms with Crippen molar-refractivity contribution in [2.45, 2.75) is 38.1 Å². The zero-order valence-electron chi connectivity index (χ0n) is 19.8. The van der Waals surface area contributed by atoms with Gasteiger partial charge in [-0.1, -0.05) is 48.5 Å². The number of rotatable bonds is 9. The molecule has 3 rings (SSSR count). The smallest absolute Gasteiger partial charge is 0.322 e. The lowest BCUT2D eigenvalue weighted by Crippen LogP contribution is -2.42. The third-order valence-electron chi connectivity index (χ3n) is 5.39. The van der Waals surface area contributed by atoms with Crippen LogP contribution in [0.2, 0.25) is 0 Å². The van der Waals surface area contributed by atoms with E-state index in [2.05, 4.69) is 15.4 Å². The molecule has 1 atom stereocenters. The maximum Gasteiger partial charge on any atom is 0.322 e. The van der Waals surface area contributed by atoms with Crippen LogP contribution < -0.4 is 15.4 Å². The van der Waals surface area contributed by atoms with Gasteiger partial charge in [0.05, 0.1) is 4.90 Å². The first-order valence-electron chi connectivity index (χ1n) is 11.2. The Morgan fingerprint density at radius 2 is 1.63 bits per heavy atom. The number of carboxylic acids is 1. The van der Waals surface area contributed by atoms with Crippen LogP contribution in [0, 0.1) is 13.8 Å². The van der Waals surface area contributed by atoms with Gasteiger partial charge in [-0.05, 0) is 73.2 Å². The number of carbonyl (C=O) groups is 2. The average Bonchev–Trinajstić information content (AvgIpc) is 2.80. The molecule has 8 nitrogen and oxygen atoms in total. The monoisotopic (exact) mass is 495 g/mol. The maximum absolute atomic E-state index is 13.0. The topological polar surface area (TPSA) is 125 Å². The minimum atomic E-state index is -4.04. The first kappa shape index (κ1) is 25.9. The van der Waals surface area contributed by atoms with Crippen molar-refractivity contribution in [2.24, 2.45) is 0 Å². The summed E-state index contributed by atoms with van der Waals surface area (Å²) in [5, 5.41) is 15.2. The van der Waals surface area contributed by atoms with Crippen LogP contribution in [0.1, 0.15) is 23.6 Å². The predicted molar refractivity (Wildman–Crippen MR) is 136 cm³/mol. The van der Waals surface area contributed by atoms with E-state index in [4.69, 9.17) is 0 Å². The fourth-order valence-electron chi connectivity index (χ4n) is 3.65. The Bertz CT molecular complexity index is 1340. The van der Waals surface area contributed by atoms with Gasteiger partial charge in [0.1, 0.15) is 6.04 Å². The van der Waals surface area contributed by atoms with Crippen molar-refractivity contribution in [3.63, 3.8) is 0 Å². The molecule has 0 saturated heterocycles. The second-order valence-corrected chi connectivity index (χ2v) is 9.93. The van der Waals surface area contributed by atoms with E-state index in [1.807, 2.05) is 37.3 Å². The predicted octanol–water partition coefficient (Wildman–Crippen LogP) is 4.09. The third-order valence-corrected chi connectivity index (χ3v) is 7.00. The Balaban J connectivity index is 1.83. The molecule has 0 aliphatic heterocycles. The number of aliphatic carboxylic acids is 1. The maximum atomic E-state index is 13.0. The van der Waals surface area contributed by atoms with Crippen LogP contribution in [-0.4, -0.2) is 38.1 Å². The average molecular weight is 496 g/mol. The summed E-state index contributed by atoms with van der Waals surface area (Å²) in [5.74, 6) is -1.27. The van der Waals surface area contributed by atoms with E-state index in [0.717, 1.165) is 16.7 Å². The number of nitrogens with one attached hydrogen (secondary N) is 3. The van der Waals surface area contributed by atoms with E-state index in [9.17, 15) is 23.1 Å². The SMILES string of the molecule is CCNC(=O)Nc1cccc(-c2cccc(C[C@@H](NS(=O)(=O)c3cc(C)ccc3C)C(=O)O)c2)c1. The molecule has 0 unspecified atom stereocenters. The van der Waals surface area contributed by atoms with Gasteiger partial charge in [-0.3, -0.25) is 4.79 Å². The summed E-state index contributed by atoms with van der Waals surface area (Å²) in [6.07, 6.45) is -0.0376. The van der Waals surface area contributed by atoms with Crippen LogP contribution in [0.3, 0.4) is 0 Å². The highest BCUT2D eigenvalue weighted by atomic mass is 32.2. The molecule has 184 valence electrons. The van der Waals surface area contributed by atoms with Gasteiger partial charge in [-0.15, -0.1) is 0 Å². The largest absolute Gasteiger partial charge is 0.480 e. The van der Waals surface area contributed by atoms with Crippen LogP contribution in [0.4, 0.5) is 10.5 Å². The quantitative estimate of drug-likeness (QED) is 0.356. The minimum Gasteiger partial charge on any atom is -0.480 e. The van der Waals surface area contributed by atoms with E-state index < -0.39 is 22.0 Å². The molecule has 2 amide bonds. The normalized spacial score (nSPS) is 12.1. The number of carboxylic acid groups (broad SMARTS) is 1. The number of sulfonamides is 1. The lowest BCUT2D eigenvalue weighted by atomic mass is 9.99. The molecule has 0 spiro atoms. The van der Waals surface area contributed by atoms with Gasteiger partial charge in [-0.25, -0.2) is 13.2 Å². The molecule has 0 aliphatic rings. The first-order chi connectivity index (χ1) is 16.6. The van der Waals surface area contributed by atoms with E-state index in [-0.39, 0.29) is 17.3 Å². The number of benzene rings is 3. The molecule has 0 aromatic heterocycles. The summed E-state index contributed by atoms with van der Waals surface area (Å²) in [4.78, 5) is 23.8. The molecule has 0 heterocycles. The fourth-order valence-corrected chi connectivity index (χ4v) is 5.17. The van der Waals surface area contributed by atoms with Crippen molar-refractivity contribution in [3.8, 4) is 11.1 Å².